The summed E-state index contributed by atoms with van der Waals surface area (Å²) in [6.45, 7) is 18.4. The average Bonchev–Trinajstić information content (AvgIpc) is 2.59. The summed E-state index contributed by atoms with van der Waals surface area (Å²) in [5.74, 6) is 0.510. The Morgan fingerprint density at radius 2 is 1.57 bits per heavy atom. The maximum atomic E-state index is 9.08. The molecule has 6 nitrogen and oxygen atoms in total. The van der Waals surface area contributed by atoms with Gasteiger partial charge in [-0.3, -0.25) is 0 Å². The Hall–Kier alpha value is -0.0149. The fraction of sp³-hybridized carbons (Fsp3) is 0.857. The van der Waals surface area contributed by atoms with Crippen LogP contribution in [0.3, 0.4) is 0 Å². The van der Waals surface area contributed by atoms with Gasteiger partial charge in [-0.2, -0.15) is 0 Å². The Balaban J connectivity index is 0. The van der Waals surface area contributed by atoms with Gasteiger partial charge in [0.25, 0.3) is 0 Å². The fourth-order valence-corrected chi connectivity index (χ4v) is 4.40. The van der Waals surface area contributed by atoms with Gasteiger partial charge in [-0.25, -0.2) is 0 Å². The van der Waals surface area contributed by atoms with Crippen molar-refractivity contribution in [2.75, 3.05) is 40.0 Å². The molecule has 28 heavy (non-hydrogen) atoms. The summed E-state index contributed by atoms with van der Waals surface area (Å²) in [5.41, 5.74) is 0.0636. The molecule has 3 N–H and O–H groups in total. The van der Waals surface area contributed by atoms with Crippen molar-refractivity contribution in [3.63, 3.8) is 0 Å². The third kappa shape index (κ3) is 16.9. The van der Waals surface area contributed by atoms with E-state index in [0.717, 1.165) is 22.6 Å². The minimum Gasteiger partial charge on any atom is -0.395 e. The topological polar surface area (TPSA) is 74.2 Å². The van der Waals surface area contributed by atoms with E-state index < -0.39 is 0 Å². The van der Waals surface area contributed by atoms with E-state index in [1.54, 1.807) is 12.0 Å². The molecule has 0 aromatic heterocycles. The Kier molecular flexibility index (Phi) is 18.1. The minimum absolute atomic E-state index is 0.00969. The average molecular weight is 589 g/mol. The molecule has 164 valence electrons. The molecule has 0 saturated heterocycles. The van der Waals surface area contributed by atoms with Crippen molar-refractivity contribution in [3.8, 4) is 0 Å². The van der Waals surface area contributed by atoms with Crippen LogP contribution in [0.4, 0.5) is 0 Å². The van der Waals surface area contributed by atoms with Crippen LogP contribution in [0.25, 0.3) is 0 Å². The fourth-order valence-electron chi connectivity index (χ4n) is 2.54. The second-order valence-electron chi connectivity index (χ2n) is 8.48. The van der Waals surface area contributed by atoms with E-state index in [0.29, 0.717) is 51.2 Å². The van der Waals surface area contributed by atoms with Gasteiger partial charge in [0.05, 0.1) is 13.2 Å². The molecule has 0 aliphatic carbocycles. The Morgan fingerprint density at radius 1 is 1.07 bits per heavy atom. The van der Waals surface area contributed by atoms with Gasteiger partial charge in [0.2, 0.25) is 0 Å². The van der Waals surface area contributed by atoms with Crippen molar-refractivity contribution in [3.05, 3.63) is 12.5 Å². The van der Waals surface area contributed by atoms with Crippen molar-refractivity contribution in [2.45, 2.75) is 72.8 Å². The number of rotatable bonds is 15. The predicted molar refractivity (Wildman–Crippen MR) is 114 cm³/mol. The molecular formula is C21H44HgN2O4. The summed E-state index contributed by atoms with van der Waals surface area (Å²) >= 11 is 0.463. The molecule has 0 unspecified atom stereocenters. The van der Waals surface area contributed by atoms with Gasteiger partial charge in [0.15, 0.2) is 0 Å². The SMILES string of the molecule is C=C(OCC(C)(C)CCCC(C)(C)N[C](=[Hg])OC)N(CCO)CCO.CCC. The molecule has 0 aromatic rings. The normalized spacial score (nSPS) is 11.5. The van der Waals surface area contributed by atoms with Gasteiger partial charge in [-0.15, -0.1) is 0 Å². The molecule has 0 fully saturated rings. The second-order valence-corrected chi connectivity index (χ2v) is 11.0. The number of hydrogen-bond donors (Lipinski definition) is 3. The molecule has 0 bridgehead atoms. The standard InChI is InChI=1S/C18H36N2O4.C3H8.Hg/c1-16(20(10-12-21)11-13-22)24-14-17(2,3)8-7-9-18(4,5)19-15-23-6;1-3-2;/h19,21-22H,1,7-14H2,2-6H3;3H2,1-2H3;. The molecule has 7 heteroatoms. The number of ether oxygens (including phenoxy) is 2. The Labute approximate surface area is 189 Å². The van der Waals surface area contributed by atoms with Crippen LogP contribution < -0.4 is 5.32 Å². The molecule has 0 atom stereocenters. The number of nitrogens with zero attached hydrogens (tertiary/aromatic N) is 1. The molecule has 0 aliphatic rings. The van der Waals surface area contributed by atoms with E-state index >= 15 is 0 Å². The van der Waals surface area contributed by atoms with E-state index in [1.165, 1.54) is 6.42 Å². The molecule has 0 heterocycles. The summed E-state index contributed by atoms with van der Waals surface area (Å²) in [7, 11) is 1.72. The summed E-state index contributed by atoms with van der Waals surface area (Å²) in [4.78, 5) is 1.76. The molecule has 0 rings (SSSR count). The van der Waals surface area contributed by atoms with Gasteiger partial charge in [-0.05, 0) is 0 Å². The number of methoxy groups -OCH3 is 1. The third-order valence-corrected chi connectivity index (χ3v) is 5.91. The van der Waals surface area contributed by atoms with Gasteiger partial charge >= 0.3 is 146 Å². The van der Waals surface area contributed by atoms with Crippen LogP contribution in [0, 0.1) is 5.41 Å². The van der Waals surface area contributed by atoms with E-state index in [9.17, 15) is 0 Å². The van der Waals surface area contributed by atoms with E-state index in [2.05, 4.69) is 53.4 Å². The van der Waals surface area contributed by atoms with Crippen LogP contribution in [-0.2, 0) is 35.1 Å². The second kappa shape index (κ2) is 16.7. The first kappa shape index (κ1) is 30.2. The first-order chi connectivity index (χ1) is 13.0. The number of nitrogens with one attached hydrogen (secondary N) is 1. The smallest absolute Gasteiger partial charge is 0.395 e. The first-order valence-corrected chi connectivity index (χ1v) is 13.0. The van der Waals surface area contributed by atoms with Crippen molar-refractivity contribution in [1.82, 2.24) is 10.2 Å². The van der Waals surface area contributed by atoms with Crippen LogP contribution >= 0.6 is 0 Å². The van der Waals surface area contributed by atoms with E-state index in [1.807, 2.05) is 0 Å². The van der Waals surface area contributed by atoms with Crippen molar-refractivity contribution in [2.24, 2.45) is 5.41 Å². The first-order valence-electron chi connectivity index (χ1n) is 10.3. The van der Waals surface area contributed by atoms with Crippen LogP contribution in [-0.4, -0.2) is 64.0 Å². The van der Waals surface area contributed by atoms with E-state index in [-0.39, 0.29) is 24.2 Å². The zero-order chi connectivity index (χ0) is 22.2. The molecule has 0 spiro atoms. The van der Waals surface area contributed by atoms with Crippen LogP contribution in [0.1, 0.15) is 67.2 Å². The number of aliphatic hydroxyl groups excluding tert-OH is 2. The quantitative estimate of drug-likeness (QED) is 0.202. The van der Waals surface area contributed by atoms with E-state index in [4.69, 9.17) is 19.7 Å². The van der Waals surface area contributed by atoms with Crippen molar-refractivity contribution < 1.29 is 45.3 Å². The van der Waals surface area contributed by atoms with Crippen molar-refractivity contribution in [1.29, 1.82) is 0 Å². The number of hydrogen-bond acceptors (Lipinski definition) is 6. The maximum absolute atomic E-state index is 9.08. The van der Waals surface area contributed by atoms with Gasteiger partial charge in [0.1, 0.15) is 0 Å². The predicted octanol–water partition coefficient (Wildman–Crippen LogP) is 3.02. The summed E-state index contributed by atoms with van der Waals surface area (Å²) < 4.78 is 12.1. The third-order valence-electron chi connectivity index (χ3n) is 4.10. The van der Waals surface area contributed by atoms with Crippen LogP contribution in [0.15, 0.2) is 12.5 Å². The molecule has 0 radical (unpaired) electrons. The summed E-state index contributed by atoms with van der Waals surface area (Å²) in [6, 6.07) is 0. The van der Waals surface area contributed by atoms with Gasteiger partial charge in [-0.1, -0.05) is 20.3 Å². The molecule has 0 aromatic carbocycles. The Bertz CT molecular complexity index is 423. The minimum atomic E-state index is 0.00969. The molecule has 0 aliphatic heterocycles. The van der Waals surface area contributed by atoms with Gasteiger partial charge in [0, 0.05) is 0 Å². The van der Waals surface area contributed by atoms with Crippen LogP contribution in [0.5, 0.6) is 0 Å². The zero-order valence-corrected chi connectivity index (χ0v) is 24.9. The number of aliphatic hydroxyl groups is 2. The Morgan fingerprint density at radius 3 is 2.00 bits per heavy atom. The molecule has 0 saturated carbocycles. The van der Waals surface area contributed by atoms with Crippen molar-refractivity contribution >= 4 is 3.31 Å². The van der Waals surface area contributed by atoms with Crippen LogP contribution in [0.2, 0.25) is 0 Å². The molecule has 0 amide bonds. The summed E-state index contributed by atoms with van der Waals surface area (Å²) in [5, 5.41) is 21.6. The summed E-state index contributed by atoms with van der Waals surface area (Å²) in [6.07, 6.45) is 4.44. The van der Waals surface area contributed by atoms with Gasteiger partial charge < -0.3 is 10.2 Å². The monoisotopic (exact) mass is 590 g/mol. The zero-order valence-electron chi connectivity index (χ0n) is 19.4. The molecular weight excluding hydrogens is 545 g/mol.